The summed E-state index contributed by atoms with van der Waals surface area (Å²) in [5.74, 6) is 5.59. The Morgan fingerprint density at radius 3 is 2.41 bits per heavy atom. The third kappa shape index (κ3) is 7.29. The van der Waals surface area contributed by atoms with Gasteiger partial charge in [-0.1, -0.05) is 12.8 Å². The molecule has 2 rings (SSSR count). The maximum Gasteiger partial charge on any atom is 0.529 e. The molecule has 2 atom stereocenters. The number of hydrogen-bond acceptors (Lipinski definition) is 11. The zero-order chi connectivity index (χ0) is 28.0. The lowest BCUT2D eigenvalue weighted by molar-refractivity contribution is -0.131. The molecule has 1 aromatic rings. The molecule has 2 unspecified atom stereocenters. The number of nitrogens with two attached hydrogens (primary N) is 2. The minimum absolute atomic E-state index is 0.0943. The second kappa shape index (κ2) is 12.3. The molecule has 0 bridgehead atoms. The summed E-state index contributed by atoms with van der Waals surface area (Å²) in [6, 6.07) is 3.82. The van der Waals surface area contributed by atoms with Crippen LogP contribution in [0.2, 0.25) is 0 Å². The van der Waals surface area contributed by atoms with Gasteiger partial charge in [0.05, 0.1) is 7.11 Å². The molecule has 12 nitrogen and oxygen atoms in total. The van der Waals surface area contributed by atoms with Crippen molar-refractivity contribution < 1.29 is 50.0 Å². The summed E-state index contributed by atoms with van der Waals surface area (Å²) in [5.41, 5.74) is 1.37. The second-order valence-corrected chi connectivity index (χ2v) is 12.3. The lowest BCUT2D eigenvalue weighted by Crippen LogP contribution is -2.49. The number of rotatable bonds is 13. The van der Waals surface area contributed by atoms with Gasteiger partial charge in [-0.15, -0.1) is 0 Å². The van der Waals surface area contributed by atoms with Crippen molar-refractivity contribution in [1.82, 2.24) is 5.48 Å². The Bertz CT molecular complexity index is 1250. The number of benzene rings is 1. The van der Waals surface area contributed by atoms with Crippen molar-refractivity contribution >= 4 is 34.9 Å². The Balaban J connectivity index is 2.03. The van der Waals surface area contributed by atoms with Gasteiger partial charge >= 0.3 is 7.82 Å². The molecule has 0 radical (unpaired) electrons. The van der Waals surface area contributed by atoms with E-state index in [0.29, 0.717) is 0 Å². The molecule has 1 aliphatic rings. The number of hydrogen-bond donors (Lipinski definition) is 3. The van der Waals surface area contributed by atoms with E-state index in [1.54, 1.807) is 5.48 Å². The van der Waals surface area contributed by atoms with Gasteiger partial charge in [-0.05, 0) is 44.1 Å². The van der Waals surface area contributed by atoms with Crippen LogP contribution in [0, 0.1) is 11.7 Å². The topological polar surface area (TPSA) is 186 Å². The number of halogens is 2. The molecule has 1 amide bonds. The fourth-order valence-corrected chi connectivity index (χ4v) is 4.73. The molecule has 0 saturated heterocycles. The average molecular weight is 568 g/mol. The molecule has 16 heteroatoms. The Labute approximate surface area is 212 Å². The lowest BCUT2D eigenvalue weighted by Gasteiger charge is -2.26. The van der Waals surface area contributed by atoms with Gasteiger partial charge in [-0.3, -0.25) is 9.59 Å². The Kier molecular flexibility index (Phi) is 10.2. The van der Waals surface area contributed by atoms with Crippen LogP contribution in [0.3, 0.4) is 0 Å². The van der Waals surface area contributed by atoms with Gasteiger partial charge in [0.15, 0.2) is 15.6 Å². The summed E-state index contributed by atoms with van der Waals surface area (Å²) in [4.78, 5) is 25.1. The highest BCUT2D eigenvalue weighted by Gasteiger charge is 2.44. The minimum Gasteiger partial charge on any atom is -0.497 e. The summed E-state index contributed by atoms with van der Waals surface area (Å²) in [6.07, 6.45) is 3.18. The molecule has 0 saturated carbocycles. The fraction of sp³-hybridized carbons (Fsp3) is 0.429. The van der Waals surface area contributed by atoms with E-state index >= 15 is 0 Å². The Hall–Kier alpha value is -2.52. The smallest absolute Gasteiger partial charge is 0.497 e. The van der Waals surface area contributed by atoms with Crippen LogP contribution in [0.1, 0.15) is 38.2 Å². The van der Waals surface area contributed by atoms with Crippen molar-refractivity contribution in [3.63, 3.8) is 0 Å². The van der Waals surface area contributed by atoms with Gasteiger partial charge < -0.3 is 4.74 Å². The molecule has 0 heterocycles. The quantitative estimate of drug-likeness (QED) is 0.181. The number of methoxy groups -OCH3 is 1. The largest absolute Gasteiger partial charge is 0.529 e. The molecule has 37 heavy (non-hydrogen) atoms. The van der Waals surface area contributed by atoms with Gasteiger partial charge in [0.25, 0.3) is 5.91 Å². The van der Waals surface area contributed by atoms with Crippen LogP contribution >= 0.6 is 7.82 Å². The summed E-state index contributed by atoms with van der Waals surface area (Å²) < 4.78 is 80.5. The van der Waals surface area contributed by atoms with E-state index in [0.717, 1.165) is 31.4 Å². The van der Waals surface area contributed by atoms with E-state index in [1.165, 1.54) is 19.2 Å². The highest BCUT2D eigenvalue weighted by atomic mass is 32.2. The van der Waals surface area contributed by atoms with Gasteiger partial charge in [0.2, 0.25) is 0 Å². The number of sulfone groups is 1. The highest BCUT2D eigenvalue weighted by Crippen LogP contribution is 2.44. The minimum atomic E-state index is -4.54. The number of ketones is 1. The number of ether oxygens (including phenoxy) is 1. The third-order valence-electron chi connectivity index (χ3n) is 5.95. The normalized spacial score (nSPS) is 18.0. The molecule has 0 fully saturated rings. The number of unbranched alkanes of at least 4 members (excludes halogenated alkanes) is 1. The SMILES string of the molecule is COc1ccc(C2=CC(=O)C(CCCCC(C)(C(=O)NOP(=O)(ON)ON)S(C)(=O)=O)C=C2F)c(F)c1. The number of hydroxylamine groups is 1. The molecular formula is C21H28F2N3O9PS. The molecule has 1 aromatic carbocycles. The van der Waals surface area contributed by atoms with Crippen molar-refractivity contribution in [1.29, 1.82) is 0 Å². The van der Waals surface area contributed by atoms with E-state index in [-0.39, 0.29) is 42.6 Å². The lowest BCUT2D eigenvalue weighted by atomic mass is 9.87. The molecule has 0 aromatic heterocycles. The monoisotopic (exact) mass is 567 g/mol. The van der Waals surface area contributed by atoms with Gasteiger partial charge in [-0.25, -0.2) is 39.0 Å². The van der Waals surface area contributed by atoms with Crippen molar-refractivity contribution in [3.05, 3.63) is 47.6 Å². The predicted molar refractivity (Wildman–Crippen MR) is 128 cm³/mol. The van der Waals surface area contributed by atoms with E-state index in [1.807, 2.05) is 0 Å². The van der Waals surface area contributed by atoms with E-state index < -0.39 is 51.7 Å². The van der Waals surface area contributed by atoms with Crippen LogP contribution in [0.15, 0.2) is 36.2 Å². The molecule has 206 valence electrons. The first-order valence-corrected chi connectivity index (χ1v) is 14.1. The van der Waals surface area contributed by atoms with Crippen molar-refractivity contribution in [2.75, 3.05) is 13.4 Å². The van der Waals surface area contributed by atoms with Crippen LogP contribution in [-0.2, 0) is 37.9 Å². The molecule has 5 N–H and O–H groups in total. The first-order chi connectivity index (χ1) is 17.2. The van der Waals surface area contributed by atoms with Gasteiger partial charge in [0, 0.05) is 29.4 Å². The predicted octanol–water partition coefficient (Wildman–Crippen LogP) is 2.57. The second-order valence-electron chi connectivity index (χ2n) is 8.36. The van der Waals surface area contributed by atoms with Crippen LogP contribution < -0.4 is 22.0 Å². The number of nitrogens with one attached hydrogen (secondary N) is 1. The third-order valence-corrected chi connectivity index (χ3v) is 8.81. The van der Waals surface area contributed by atoms with E-state index in [4.69, 9.17) is 16.5 Å². The van der Waals surface area contributed by atoms with E-state index in [9.17, 15) is 31.4 Å². The van der Waals surface area contributed by atoms with Crippen LogP contribution in [0.4, 0.5) is 8.78 Å². The molecule has 0 aliphatic heterocycles. The maximum atomic E-state index is 14.8. The van der Waals surface area contributed by atoms with Crippen LogP contribution in [-0.4, -0.2) is 38.2 Å². The molecule has 1 aliphatic carbocycles. The first kappa shape index (κ1) is 30.7. The zero-order valence-corrected chi connectivity index (χ0v) is 21.9. The van der Waals surface area contributed by atoms with Gasteiger partial charge in [-0.2, -0.15) is 13.9 Å². The highest BCUT2D eigenvalue weighted by molar-refractivity contribution is 7.92. The number of phosphoric acid groups is 1. The van der Waals surface area contributed by atoms with Gasteiger partial charge in [0.1, 0.15) is 22.1 Å². The van der Waals surface area contributed by atoms with Crippen molar-refractivity contribution in [2.45, 2.75) is 37.4 Å². The number of allylic oxidation sites excluding steroid dienone is 4. The van der Waals surface area contributed by atoms with Crippen molar-refractivity contribution in [3.8, 4) is 5.75 Å². The number of carbonyl (C=O) groups excluding carboxylic acids is 2. The Morgan fingerprint density at radius 2 is 1.86 bits per heavy atom. The average Bonchev–Trinajstić information content (AvgIpc) is 2.85. The first-order valence-electron chi connectivity index (χ1n) is 10.7. The standard InChI is InChI=1S/C21H28F2N3O9PS/c1-21(37(3,30)31,20(28)26-35-36(29,33-24)34-25)9-5-4-6-13-10-17(22)16(12-19(13)27)15-8-7-14(32-2)11-18(15)23/h7-8,10-13H,4-6,9,24-25H2,1-3H3,(H,26,28). The summed E-state index contributed by atoms with van der Waals surface area (Å²) in [6.45, 7) is 1.11. The van der Waals surface area contributed by atoms with Crippen LogP contribution in [0.5, 0.6) is 5.75 Å². The zero-order valence-electron chi connectivity index (χ0n) is 20.2. The molecular weight excluding hydrogens is 539 g/mol. The molecule has 0 spiro atoms. The van der Waals surface area contributed by atoms with Crippen molar-refractivity contribution in [2.24, 2.45) is 17.7 Å². The maximum absolute atomic E-state index is 14.8. The fourth-order valence-electron chi connectivity index (χ4n) is 3.51. The summed E-state index contributed by atoms with van der Waals surface area (Å²) in [5, 5.41) is 0. The number of amides is 1. The summed E-state index contributed by atoms with van der Waals surface area (Å²) >= 11 is 0. The van der Waals surface area contributed by atoms with E-state index in [2.05, 4.69) is 13.9 Å². The van der Waals surface area contributed by atoms with Crippen LogP contribution in [0.25, 0.3) is 5.57 Å². The number of carbonyl (C=O) groups is 2. The Morgan fingerprint density at radius 1 is 1.22 bits per heavy atom. The summed E-state index contributed by atoms with van der Waals surface area (Å²) in [7, 11) is -7.22.